The lowest BCUT2D eigenvalue weighted by atomic mass is 9.96. The van der Waals surface area contributed by atoms with Gasteiger partial charge < -0.3 is 15.6 Å². The van der Waals surface area contributed by atoms with Crippen molar-refractivity contribution < 1.29 is 4.79 Å². The third-order valence-electron chi connectivity index (χ3n) is 4.29. The molecule has 20 heavy (non-hydrogen) atoms. The molecule has 1 saturated carbocycles. The van der Waals surface area contributed by atoms with Crippen LogP contribution in [0.5, 0.6) is 0 Å². The van der Waals surface area contributed by atoms with E-state index >= 15 is 0 Å². The van der Waals surface area contributed by atoms with Gasteiger partial charge in [-0.25, -0.2) is 0 Å². The predicted molar refractivity (Wildman–Crippen MR) is 73.7 cm³/mol. The Labute approximate surface area is 118 Å². The van der Waals surface area contributed by atoms with Gasteiger partial charge in [0.2, 0.25) is 5.91 Å². The maximum atomic E-state index is 11.7. The van der Waals surface area contributed by atoms with Gasteiger partial charge in [0.15, 0.2) is 0 Å². The van der Waals surface area contributed by atoms with E-state index in [0.29, 0.717) is 6.04 Å². The molecule has 3 rings (SSSR count). The predicted octanol–water partition coefficient (Wildman–Crippen LogP) is -0.520. The van der Waals surface area contributed by atoms with E-state index in [2.05, 4.69) is 25.0 Å². The highest BCUT2D eigenvalue weighted by atomic mass is 16.1. The van der Waals surface area contributed by atoms with E-state index in [4.69, 9.17) is 5.73 Å². The zero-order valence-corrected chi connectivity index (χ0v) is 11.9. The number of hydrogen-bond donors (Lipinski definition) is 2. The molecule has 1 aromatic heterocycles. The van der Waals surface area contributed by atoms with Crippen LogP contribution in [0, 0.1) is 0 Å². The lowest BCUT2D eigenvalue weighted by Crippen LogP contribution is -2.55. The molecule has 7 heteroatoms. The summed E-state index contributed by atoms with van der Waals surface area (Å²) in [5, 5.41) is 11.4. The number of primary amides is 1. The number of carbonyl (C=O) groups excluding carboxylic acids is 1. The first kappa shape index (κ1) is 13.5. The maximum absolute atomic E-state index is 11.7. The van der Waals surface area contributed by atoms with Gasteiger partial charge in [-0.2, -0.15) is 0 Å². The Bertz CT molecular complexity index is 497. The molecule has 0 aromatic carbocycles. The van der Waals surface area contributed by atoms with Gasteiger partial charge in [0.1, 0.15) is 12.2 Å². The Balaban J connectivity index is 1.56. The highest BCUT2D eigenvalue weighted by molar-refractivity contribution is 5.84. The van der Waals surface area contributed by atoms with Crippen molar-refractivity contribution in [2.24, 2.45) is 5.73 Å². The van der Waals surface area contributed by atoms with Gasteiger partial charge in [-0.3, -0.25) is 9.69 Å². The molecular formula is C13H22N6O. The summed E-state index contributed by atoms with van der Waals surface area (Å²) in [5.74, 6) is 0.733. The largest absolute Gasteiger partial charge is 0.368 e. The van der Waals surface area contributed by atoms with Crippen LogP contribution in [0.25, 0.3) is 0 Å². The first-order valence-corrected chi connectivity index (χ1v) is 7.23. The van der Waals surface area contributed by atoms with Crippen molar-refractivity contribution in [1.82, 2.24) is 25.0 Å². The first-order chi connectivity index (χ1) is 9.57. The molecule has 1 amide bonds. The van der Waals surface area contributed by atoms with Crippen LogP contribution >= 0.6 is 0 Å². The second-order valence-electron chi connectivity index (χ2n) is 6.08. The van der Waals surface area contributed by atoms with Crippen molar-refractivity contribution in [3.05, 3.63) is 12.2 Å². The van der Waals surface area contributed by atoms with Gasteiger partial charge in [-0.1, -0.05) is 0 Å². The molecule has 0 bridgehead atoms. The first-order valence-electron chi connectivity index (χ1n) is 7.23. The van der Waals surface area contributed by atoms with E-state index in [0.717, 1.165) is 51.3 Å². The van der Waals surface area contributed by atoms with E-state index in [1.165, 1.54) is 0 Å². The summed E-state index contributed by atoms with van der Waals surface area (Å²) in [5.41, 5.74) is 4.97. The number of amides is 1. The summed E-state index contributed by atoms with van der Waals surface area (Å²) < 4.78 is 2.08. The lowest BCUT2D eigenvalue weighted by molar-refractivity contribution is -0.124. The molecule has 0 saturated heterocycles. The third-order valence-corrected chi connectivity index (χ3v) is 4.29. The molecule has 0 radical (unpaired) electrons. The summed E-state index contributed by atoms with van der Waals surface area (Å²) in [7, 11) is 0. The third kappa shape index (κ3) is 2.83. The quantitative estimate of drug-likeness (QED) is 0.731. The van der Waals surface area contributed by atoms with Crippen LogP contribution < -0.4 is 11.1 Å². The normalized spacial score (nSPS) is 22.2. The number of nitrogens with one attached hydrogen (secondary N) is 1. The molecule has 2 aliphatic rings. The van der Waals surface area contributed by atoms with Crippen molar-refractivity contribution in [3.63, 3.8) is 0 Å². The Morgan fingerprint density at radius 2 is 2.35 bits per heavy atom. The topological polar surface area (TPSA) is 89.1 Å². The minimum absolute atomic E-state index is 0.260. The van der Waals surface area contributed by atoms with Crippen molar-refractivity contribution >= 4 is 5.91 Å². The fraction of sp³-hybridized carbons (Fsp3) is 0.769. The van der Waals surface area contributed by atoms with Crippen molar-refractivity contribution in [3.8, 4) is 0 Å². The van der Waals surface area contributed by atoms with Crippen LogP contribution in [-0.4, -0.2) is 50.2 Å². The zero-order chi connectivity index (χ0) is 14.2. The van der Waals surface area contributed by atoms with Crippen molar-refractivity contribution in [2.45, 2.75) is 50.9 Å². The number of nitrogens with two attached hydrogens (primary N) is 1. The molecule has 1 aromatic rings. The van der Waals surface area contributed by atoms with Crippen LogP contribution in [0.4, 0.5) is 0 Å². The van der Waals surface area contributed by atoms with Gasteiger partial charge in [0.25, 0.3) is 0 Å². The SMILES string of the molecule is CC(CCN1CCn2cnnc2C1)(NC1CC1)C(N)=O. The number of carbonyl (C=O) groups is 1. The highest BCUT2D eigenvalue weighted by Gasteiger charge is 2.37. The van der Waals surface area contributed by atoms with E-state index < -0.39 is 5.54 Å². The average molecular weight is 278 g/mol. The number of nitrogens with zero attached hydrogens (tertiary/aromatic N) is 4. The average Bonchev–Trinajstić information content (AvgIpc) is 3.10. The van der Waals surface area contributed by atoms with E-state index in [-0.39, 0.29) is 5.91 Å². The molecule has 2 heterocycles. The fourth-order valence-corrected chi connectivity index (χ4v) is 2.63. The second-order valence-corrected chi connectivity index (χ2v) is 6.08. The van der Waals surface area contributed by atoms with Crippen LogP contribution in [0.1, 0.15) is 32.0 Å². The minimum atomic E-state index is -0.605. The van der Waals surface area contributed by atoms with Crippen LogP contribution in [0.3, 0.4) is 0 Å². The molecule has 110 valence electrons. The Morgan fingerprint density at radius 3 is 3.05 bits per heavy atom. The molecule has 1 fully saturated rings. The molecule has 7 nitrogen and oxygen atoms in total. The zero-order valence-electron chi connectivity index (χ0n) is 11.9. The van der Waals surface area contributed by atoms with E-state index in [9.17, 15) is 4.79 Å². The Kier molecular flexibility index (Phi) is 3.47. The molecule has 1 unspecified atom stereocenters. The number of fused-ring (bicyclic) bond motifs is 1. The summed E-state index contributed by atoms with van der Waals surface area (Å²) in [6.07, 6.45) is 4.80. The Hall–Kier alpha value is -1.47. The Morgan fingerprint density at radius 1 is 1.55 bits per heavy atom. The molecule has 1 aliphatic heterocycles. The standard InChI is InChI=1S/C13H22N6O/c1-13(12(14)20,16-10-2-3-10)4-5-18-6-7-19-9-15-17-11(19)8-18/h9-10,16H,2-8H2,1H3,(H2,14,20). The molecule has 3 N–H and O–H groups in total. The second kappa shape index (κ2) is 5.14. The van der Waals surface area contributed by atoms with E-state index in [1.807, 2.05) is 6.92 Å². The van der Waals surface area contributed by atoms with Crippen LogP contribution in [0.2, 0.25) is 0 Å². The van der Waals surface area contributed by atoms with Crippen LogP contribution in [0.15, 0.2) is 6.33 Å². The number of rotatable bonds is 6. The van der Waals surface area contributed by atoms with Gasteiger partial charge >= 0.3 is 0 Å². The van der Waals surface area contributed by atoms with E-state index in [1.54, 1.807) is 6.33 Å². The molecule has 1 aliphatic carbocycles. The maximum Gasteiger partial charge on any atom is 0.237 e. The van der Waals surface area contributed by atoms with Crippen molar-refractivity contribution in [1.29, 1.82) is 0 Å². The lowest BCUT2D eigenvalue weighted by Gasteiger charge is -2.32. The summed E-state index contributed by atoms with van der Waals surface area (Å²) >= 11 is 0. The number of hydrogen-bond acceptors (Lipinski definition) is 5. The fourth-order valence-electron chi connectivity index (χ4n) is 2.63. The summed E-state index contributed by atoms with van der Waals surface area (Å²) in [6, 6.07) is 0.469. The van der Waals surface area contributed by atoms with Crippen LogP contribution in [-0.2, 0) is 17.9 Å². The highest BCUT2D eigenvalue weighted by Crippen LogP contribution is 2.24. The smallest absolute Gasteiger partial charge is 0.237 e. The van der Waals surface area contributed by atoms with Gasteiger partial charge in [-0.05, 0) is 26.2 Å². The van der Waals surface area contributed by atoms with Crippen molar-refractivity contribution in [2.75, 3.05) is 13.1 Å². The molecule has 0 spiro atoms. The minimum Gasteiger partial charge on any atom is -0.368 e. The number of aromatic nitrogens is 3. The van der Waals surface area contributed by atoms with Gasteiger partial charge in [-0.15, -0.1) is 10.2 Å². The summed E-state index contributed by atoms with van der Waals surface area (Å²) in [4.78, 5) is 14.0. The molecular weight excluding hydrogens is 256 g/mol. The molecule has 1 atom stereocenters. The monoisotopic (exact) mass is 278 g/mol. The van der Waals surface area contributed by atoms with Gasteiger partial charge in [0.05, 0.1) is 12.1 Å². The van der Waals surface area contributed by atoms with Gasteiger partial charge in [0, 0.05) is 25.7 Å². The summed E-state index contributed by atoms with van der Waals surface area (Å²) in [6.45, 7) is 5.42.